The third kappa shape index (κ3) is 1.22. The smallest absolute Gasteiger partial charge is 0.165 e. The SMILES string of the molecule is COc1ccc2c(c1Cl)C(=O)CC2. The summed E-state index contributed by atoms with van der Waals surface area (Å²) in [6.07, 6.45) is 1.38. The van der Waals surface area contributed by atoms with E-state index in [9.17, 15) is 4.79 Å². The van der Waals surface area contributed by atoms with Crippen molar-refractivity contribution in [3.8, 4) is 5.75 Å². The first-order chi connectivity index (χ1) is 6.24. The summed E-state index contributed by atoms with van der Waals surface area (Å²) in [5.74, 6) is 0.703. The second kappa shape index (κ2) is 3.04. The number of rotatable bonds is 1. The third-order valence-electron chi connectivity index (χ3n) is 2.31. The molecule has 0 N–H and O–H groups in total. The molecule has 2 nitrogen and oxygen atoms in total. The van der Waals surface area contributed by atoms with Crippen molar-refractivity contribution in [1.82, 2.24) is 0 Å². The van der Waals surface area contributed by atoms with Gasteiger partial charge < -0.3 is 4.74 Å². The number of hydrogen-bond acceptors (Lipinski definition) is 2. The van der Waals surface area contributed by atoms with E-state index in [1.165, 1.54) is 0 Å². The Balaban J connectivity index is 2.63. The Kier molecular flexibility index (Phi) is 2.00. The summed E-state index contributed by atoms with van der Waals surface area (Å²) in [5.41, 5.74) is 1.69. The molecule has 0 amide bonds. The number of hydrogen-bond donors (Lipinski definition) is 0. The van der Waals surface area contributed by atoms with Gasteiger partial charge in [-0.3, -0.25) is 4.79 Å². The van der Waals surface area contributed by atoms with E-state index in [-0.39, 0.29) is 5.78 Å². The molecule has 0 spiro atoms. The molecule has 0 saturated heterocycles. The van der Waals surface area contributed by atoms with E-state index in [1.807, 2.05) is 6.07 Å². The van der Waals surface area contributed by atoms with Crippen LogP contribution >= 0.6 is 11.6 Å². The van der Waals surface area contributed by atoms with Crippen molar-refractivity contribution in [3.05, 3.63) is 28.3 Å². The Labute approximate surface area is 81.5 Å². The Morgan fingerprint density at radius 2 is 2.15 bits per heavy atom. The number of ether oxygens (including phenoxy) is 1. The number of aryl methyl sites for hydroxylation is 1. The molecule has 0 aromatic heterocycles. The van der Waals surface area contributed by atoms with Gasteiger partial charge in [-0.2, -0.15) is 0 Å². The minimum Gasteiger partial charge on any atom is -0.495 e. The van der Waals surface area contributed by atoms with Crippen molar-refractivity contribution in [2.75, 3.05) is 7.11 Å². The number of ketones is 1. The Bertz CT molecular complexity index is 371. The summed E-state index contributed by atoms with van der Waals surface area (Å²) >= 11 is 6.00. The van der Waals surface area contributed by atoms with Crippen LogP contribution in [0.5, 0.6) is 5.75 Å². The molecular weight excluding hydrogens is 188 g/mol. The summed E-state index contributed by atoms with van der Waals surface area (Å²) in [6.45, 7) is 0. The fourth-order valence-corrected chi connectivity index (χ4v) is 2.00. The lowest BCUT2D eigenvalue weighted by molar-refractivity contribution is 0.0994. The molecule has 0 radical (unpaired) electrons. The Hall–Kier alpha value is -1.02. The molecule has 0 atom stereocenters. The molecule has 2 rings (SSSR count). The van der Waals surface area contributed by atoms with E-state index < -0.39 is 0 Å². The van der Waals surface area contributed by atoms with Crippen LogP contribution in [0.15, 0.2) is 12.1 Å². The highest BCUT2D eigenvalue weighted by Gasteiger charge is 2.24. The predicted octanol–water partition coefficient (Wildman–Crippen LogP) is 2.48. The van der Waals surface area contributed by atoms with Crippen LogP contribution in [0.25, 0.3) is 0 Å². The zero-order valence-electron chi connectivity index (χ0n) is 7.26. The first-order valence-electron chi connectivity index (χ1n) is 4.12. The van der Waals surface area contributed by atoms with E-state index >= 15 is 0 Å². The molecule has 0 aliphatic heterocycles. The van der Waals surface area contributed by atoms with Gasteiger partial charge in [0.2, 0.25) is 0 Å². The molecule has 0 unspecified atom stereocenters. The number of carbonyl (C=O) groups is 1. The average Bonchev–Trinajstić information content (AvgIpc) is 2.49. The van der Waals surface area contributed by atoms with Gasteiger partial charge in [-0.1, -0.05) is 17.7 Å². The van der Waals surface area contributed by atoms with Crippen LogP contribution in [0.1, 0.15) is 22.3 Å². The molecule has 0 fully saturated rings. The van der Waals surface area contributed by atoms with Crippen LogP contribution in [0.4, 0.5) is 0 Å². The number of halogens is 1. The highest BCUT2D eigenvalue weighted by molar-refractivity contribution is 6.35. The molecule has 0 saturated carbocycles. The highest BCUT2D eigenvalue weighted by atomic mass is 35.5. The topological polar surface area (TPSA) is 26.3 Å². The molecule has 13 heavy (non-hydrogen) atoms. The largest absolute Gasteiger partial charge is 0.495 e. The zero-order chi connectivity index (χ0) is 9.42. The van der Waals surface area contributed by atoms with Crippen LogP contribution in [0, 0.1) is 0 Å². The van der Waals surface area contributed by atoms with Crippen molar-refractivity contribution in [3.63, 3.8) is 0 Å². The maximum Gasteiger partial charge on any atom is 0.165 e. The lowest BCUT2D eigenvalue weighted by Crippen LogP contribution is -1.95. The molecule has 68 valence electrons. The maximum absolute atomic E-state index is 11.4. The molecular formula is C10H9ClO2. The van der Waals surface area contributed by atoms with Crippen LogP contribution in [-0.2, 0) is 6.42 Å². The Morgan fingerprint density at radius 3 is 2.85 bits per heavy atom. The molecule has 1 aromatic carbocycles. The third-order valence-corrected chi connectivity index (χ3v) is 2.69. The summed E-state index contributed by atoms with van der Waals surface area (Å²) in [6, 6.07) is 3.71. The minimum atomic E-state index is 0.124. The lowest BCUT2D eigenvalue weighted by atomic mass is 10.1. The van der Waals surface area contributed by atoms with Gasteiger partial charge in [0, 0.05) is 12.0 Å². The molecule has 0 bridgehead atoms. The van der Waals surface area contributed by atoms with Crippen molar-refractivity contribution in [2.24, 2.45) is 0 Å². The van der Waals surface area contributed by atoms with Crippen LogP contribution in [0.2, 0.25) is 5.02 Å². The predicted molar refractivity (Wildman–Crippen MR) is 50.7 cm³/mol. The van der Waals surface area contributed by atoms with Crippen molar-refractivity contribution >= 4 is 17.4 Å². The number of methoxy groups -OCH3 is 1. The van der Waals surface area contributed by atoms with Gasteiger partial charge in [0.25, 0.3) is 0 Å². The van der Waals surface area contributed by atoms with Crippen LogP contribution in [0.3, 0.4) is 0 Å². The zero-order valence-corrected chi connectivity index (χ0v) is 8.02. The summed E-state index contributed by atoms with van der Waals surface area (Å²) in [7, 11) is 1.55. The summed E-state index contributed by atoms with van der Waals surface area (Å²) < 4.78 is 5.03. The highest BCUT2D eigenvalue weighted by Crippen LogP contribution is 2.35. The molecule has 1 aromatic rings. The molecule has 0 heterocycles. The van der Waals surface area contributed by atoms with Gasteiger partial charge in [0.15, 0.2) is 5.78 Å². The molecule has 1 aliphatic carbocycles. The number of Topliss-reactive ketones (excluding diaryl/α,β-unsaturated/α-hetero) is 1. The molecule has 1 aliphatic rings. The Morgan fingerprint density at radius 1 is 1.38 bits per heavy atom. The number of benzene rings is 1. The quantitative estimate of drug-likeness (QED) is 0.690. The van der Waals surface area contributed by atoms with Crippen molar-refractivity contribution in [2.45, 2.75) is 12.8 Å². The van der Waals surface area contributed by atoms with Gasteiger partial charge in [0.05, 0.1) is 12.1 Å². The monoisotopic (exact) mass is 196 g/mol. The van der Waals surface area contributed by atoms with E-state index in [4.69, 9.17) is 16.3 Å². The van der Waals surface area contributed by atoms with E-state index in [1.54, 1.807) is 13.2 Å². The first kappa shape index (κ1) is 8.57. The first-order valence-corrected chi connectivity index (χ1v) is 4.50. The second-order valence-electron chi connectivity index (χ2n) is 3.04. The van der Waals surface area contributed by atoms with Gasteiger partial charge >= 0.3 is 0 Å². The average molecular weight is 197 g/mol. The van der Waals surface area contributed by atoms with Crippen molar-refractivity contribution < 1.29 is 9.53 Å². The lowest BCUT2D eigenvalue weighted by Gasteiger charge is -2.06. The fraction of sp³-hybridized carbons (Fsp3) is 0.300. The summed E-state index contributed by atoms with van der Waals surface area (Å²) in [4.78, 5) is 11.4. The summed E-state index contributed by atoms with van der Waals surface area (Å²) in [5, 5.41) is 0.461. The fourth-order valence-electron chi connectivity index (χ4n) is 1.64. The van der Waals surface area contributed by atoms with Crippen LogP contribution < -0.4 is 4.74 Å². The van der Waals surface area contributed by atoms with Gasteiger partial charge in [-0.05, 0) is 18.1 Å². The number of fused-ring (bicyclic) bond motifs is 1. The van der Waals surface area contributed by atoms with Gasteiger partial charge in [0.1, 0.15) is 5.75 Å². The number of carbonyl (C=O) groups excluding carboxylic acids is 1. The van der Waals surface area contributed by atoms with E-state index in [0.717, 1.165) is 12.0 Å². The van der Waals surface area contributed by atoms with Crippen LogP contribution in [-0.4, -0.2) is 12.9 Å². The van der Waals surface area contributed by atoms with E-state index in [0.29, 0.717) is 22.8 Å². The van der Waals surface area contributed by atoms with Gasteiger partial charge in [-0.25, -0.2) is 0 Å². The van der Waals surface area contributed by atoms with E-state index in [2.05, 4.69) is 0 Å². The van der Waals surface area contributed by atoms with Crippen molar-refractivity contribution in [1.29, 1.82) is 0 Å². The molecule has 3 heteroatoms. The standard InChI is InChI=1S/C10H9ClO2/c1-13-8-5-3-6-2-4-7(12)9(6)10(8)11/h3,5H,2,4H2,1H3. The second-order valence-corrected chi connectivity index (χ2v) is 3.42. The normalized spacial score (nSPS) is 14.5. The minimum absolute atomic E-state index is 0.124. The van der Waals surface area contributed by atoms with Gasteiger partial charge in [-0.15, -0.1) is 0 Å². The maximum atomic E-state index is 11.4.